The van der Waals surface area contributed by atoms with E-state index in [1.807, 2.05) is 0 Å². The topological polar surface area (TPSA) is 12.0 Å². The molecule has 88 valence electrons. The number of halogens is 3. The van der Waals surface area contributed by atoms with Gasteiger partial charge in [0.25, 0.3) is 0 Å². The smallest absolute Gasteiger partial charge is 0.0653 e. The Bertz CT molecular complexity index is 388. The fourth-order valence-corrected chi connectivity index (χ4v) is 2.49. The molecule has 1 N–H and O–H groups in total. The molecule has 1 aliphatic carbocycles. The molecule has 1 aliphatic rings. The molecule has 1 saturated carbocycles. The number of rotatable bonds is 4. The van der Waals surface area contributed by atoms with E-state index in [1.54, 1.807) is 12.1 Å². The van der Waals surface area contributed by atoms with E-state index in [9.17, 15) is 0 Å². The van der Waals surface area contributed by atoms with Crippen molar-refractivity contribution in [1.82, 2.24) is 0 Å². The van der Waals surface area contributed by atoms with Crippen LogP contribution in [0.25, 0.3) is 0 Å². The Balaban J connectivity index is 2.16. The average molecular weight is 279 g/mol. The van der Waals surface area contributed by atoms with Crippen molar-refractivity contribution in [3.63, 3.8) is 0 Å². The van der Waals surface area contributed by atoms with E-state index < -0.39 is 0 Å². The molecule has 1 unspecified atom stereocenters. The van der Waals surface area contributed by atoms with Gasteiger partial charge in [0.1, 0.15) is 0 Å². The van der Waals surface area contributed by atoms with Crippen LogP contribution in [0, 0.1) is 5.92 Å². The molecular weight excluding hydrogens is 264 g/mol. The molecule has 1 atom stereocenters. The molecule has 0 saturated heterocycles. The number of anilines is 1. The fraction of sp³-hybridized carbons (Fsp3) is 0.500. The summed E-state index contributed by atoms with van der Waals surface area (Å²) in [5, 5.41) is 5.12. The van der Waals surface area contributed by atoms with Crippen molar-refractivity contribution in [3.8, 4) is 0 Å². The van der Waals surface area contributed by atoms with Gasteiger partial charge in [-0.25, -0.2) is 0 Å². The van der Waals surface area contributed by atoms with Crippen LogP contribution in [0.1, 0.15) is 26.2 Å². The van der Waals surface area contributed by atoms with Gasteiger partial charge in [-0.2, -0.15) is 0 Å². The second kappa shape index (κ2) is 5.03. The first-order chi connectivity index (χ1) is 7.61. The summed E-state index contributed by atoms with van der Waals surface area (Å²) in [7, 11) is 0. The second-order valence-electron chi connectivity index (χ2n) is 4.24. The SMILES string of the molecule is CCC(Nc1cc(Cl)c(Cl)cc1Cl)C1CC1. The summed E-state index contributed by atoms with van der Waals surface area (Å²) in [5.41, 5.74) is 0.884. The maximum atomic E-state index is 6.12. The second-order valence-corrected chi connectivity index (χ2v) is 5.46. The minimum Gasteiger partial charge on any atom is -0.381 e. The van der Waals surface area contributed by atoms with Gasteiger partial charge >= 0.3 is 0 Å². The zero-order chi connectivity index (χ0) is 11.7. The predicted molar refractivity (Wildman–Crippen MR) is 71.9 cm³/mol. The third-order valence-corrected chi connectivity index (χ3v) is 4.02. The van der Waals surface area contributed by atoms with E-state index in [0.29, 0.717) is 21.1 Å². The highest BCUT2D eigenvalue weighted by Crippen LogP contribution is 2.38. The van der Waals surface area contributed by atoms with E-state index in [2.05, 4.69) is 12.2 Å². The number of nitrogens with one attached hydrogen (secondary N) is 1. The Labute approximate surface area is 111 Å². The third kappa shape index (κ3) is 2.77. The fourth-order valence-electron chi connectivity index (χ4n) is 1.88. The Morgan fingerprint density at radius 2 is 1.81 bits per heavy atom. The summed E-state index contributed by atoms with van der Waals surface area (Å²) in [4.78, 5) is 0. The van der Waals surface area contributed by atoms with Crippen molar-refractivity contribution in [1.29, 1.82) is 0 Å². The van der Waals surface area contributed by atoms with Gasteiger partial charge in [-0.1, -0.05) is 41.7 Å². The predicted octanol–water partition coefficient (Wildman–Crippen LogP) is 5.25. The van der Waals surface area contributed by atoms with Crippen molar-refractivity contribution in [3.05, 3.63) is 27.2 Å². The first kappa shape index (κ1) is 12.3. The molecule has 16 heavy (non-hydrogen) atoms. The summed E-state index contributed by atoms with van der Waals surface area (Å²) in [5.74, 6) is 0.788. The van der Waals surface area contributed by atoms with Gasteiger partial charge in [0.2, 0.25) is 0 Å². The first-order valence-corrected chi connectivity index (χ1v) is 6.66. The average Bonchev–Trinajstić information content (AvgIpc) is 3.05. The van der Waals surface area contributed by atoms with E-state index in [4.69, 9.17) is 34.8 Å². The van der Waals surface area contributed by atoms with E-state index >= 15 is 0 Å². The van der Waals surface area contributed by atoms with Crippen LogP contribution >= 0.6 is 34.8 Å². The van der Waals surface area contributed by atoms with Gasteiger partial charge in [0.05, 0.1) is 20.8 Å². The third-order valence-electron chi connectivity index (χ3n) is 2.98. The lowest BCUT2D eigenvalue weighted by molar-refractivity contribution is 0.616. The van der Waals surface area contributed by atoms with Crippen molar-refractivity contribution >= 4 is 40.5 Å². The summed E-state index contributed by atoms with van der Waals surface area (Å²) >= 11 is 18.0. The molecule has 2 rings (SSSR count). The Kier molecular flexibility index (Phi) is 3.89. The van der Waals surface area contributed by atoms with Gasteiger partial charge in [0.15, 0.2) is 0 Å². The van der Waals surface area contributed by atoms with Gasteiger partial charge in [-0.15, -0.1) is 0 Å². The number of benzene rings is 1. The van der Waals surface area contributed by atoms with Crippen molar-refractivity contribution in [2.45, 2.75) is 32.2 Å². The normalized spacial score (nSPS) is 17.2. The lowest BCUT2D eigenvalue weighted by Gasteiger charge is -2.19. The Hall–Kier alpha value is -0.110. The lowest BCUT2D eigenvalue weighted by atomic mass is 10.1. The van der Waals surface area contributed by atoms with E-state index in [1.165, 1.54) is 12.8 Å². The molecule has 1 aromatic rings. The molecule has 0 aliphatic heterocycles. The number of hydrogen-bond acceptors (Lipinski definition) is 1. The van der Waals surface area contributed by atoms with Crippen LogP contribution in [0.4, 0.5) is 5.69 Å². The molecule has 1 nitrogen and oxygen atoms in total. The molecule has 1 aromatic carbocycles. The molecule has 1 fully saturated rings. The molecule has 0 amide bonds. The van der Waals surface area contributed by atoms with Crippen LogP contribution in [0.5, 0.6) is 0 Å². The van der Waals surface area contributed by atoms with Gasteiger partial charge in [0, 0.05) is 6.04 Å². The van der Waals surface area contributed by atoms with Gasteiger partial charge in [-0.3, -0.25) is 0 Å². The monoisotopic (exact) mass is 277 g/mol. The Morgan fingerprint density at radius 3 is 2.38 bits per heavy atom. The van der Waals surface area contributed by atoms with Crippen LogP contribution < -0.4 is 5.32 Å². The van der Waals surface area contributed by atoms with Crippen molar-refractivity contribution < 1.29 is 0 Å². The largest absolute Gasteiger partial charge is 0.381 e. The summed E-state index contributed by atoms with van der Waals surface area (Å²) in [6.07, 6.45) is 3.72. The van der Waals surface area contributed by atoms with Crippen LogP contribution in [-0.2, 0) is 0 Å². The maximum absolute atomic E-state index is 6.12. The van der Waals surface area contributed by atoms with Crippen LogP contribution in [0.3, 0.4) is 0 Å². The van der Waals surface area contributed by atoms with Gasteiger partial charge < -0.3 is 5.32 Å². The summed E-state index contributed by atoms with van der Waals surface area (Å²) < 4.78 is 0. The quantitative estimate of drug-likeness (QED) is 0.742. The molecule has 0 spiro atoms. The highest BCUT2D eigenvalue weighted by molar-refractivity contribution is 6.44. The zero-order valence-corrected chi connectivity index (χ0v) is 11.3. The maximum Gasteiger partial charge on any atom is 0.0653 e. The Morgan fingerprint density at radius 1 is 1.19 bits per heavy atom. The lowest BCUT2D eigenvalue weighted by Crippen LogP contribution is -2.20. The molecular formula is C12H14Cl3N. The minimum atomic E-state index is 0.495. The highest BCUT2D eigenvalue weighted by atomic mass is 35.5. The summed E-state index contributed by atoms with van der Waals surface area (Å²) in [6.45, 7) is 2.18. The van der Waals surface area contributed by atoms with Crippen molar-refractivity contribution in [2.24, 2.45) is 5.92 Å². The summed E-state index contributed by atoms with van der Waals surface area (Å²) in [6, 6.07) is 3.99. The number of hydrogen-bond donors (Lipinski definition) is 1. The molecule has 0 bridgehead atoms. The first-order valence-electron chi connectivity index (χ1n) is 5.53. The molecule has 4 heteroatoms. The molecule has 0 aromatic heterocycles. The van der Waals surface area contributed by atoms with Crippen LogP contribution in [-0.4, -0.2) is 6.04 Å². The van der Waals surface area contributed by atoms with Crippen LogP contribution in [0.2, 0.25) is 15.1 Å². The van der Waals surface area contributed by atoms with E-state index in [-0.39, 0.29) is 0 Å². The van der Waals surface area contributed by atoms with E-state index in [0.717, 1.165) is 18.0 Å². The highest BCUT2D eigenvalue weighted by Gasteiger charge is 2.30. The zero-order valence-electron chi connectivity index (χ0n) is 9.06. The van der Waals surface area contributed by atoms with Crippen LogP contribution in [0.15, 0.2) is 12.1 Å². The van der Waals surface area contributed by atoms with Gasteiger partial charge in [-0.05, 0) is 37.3 Å². The minimum absolute atomic E-state index is 0.495. The van der Waals surface area contributed by atoms with Crippen molar-refractivity contribution in [2.75, 3.05) is 5.32 Å². The standard InChI is InChI=1S/C12H14Cl3N/c1-2-11(7-3-4-7)16-12-6-9(14)8(13)5-10(12)15/h5-7,11,16H,2-4H2,1H3. The molecule has 0 heterocycles. The molecule has 0 radical (unpaired) electrons.